The summed E-state index contributed by atoms with van der Waals surface area (Å²) in [6, 6.07) is 0.241. The minimum atomic E-state index is 0.241. The standard InChI is InChI=1S/C10H19NO/c1-2-3-6-10(11)9-5-4-7-12-8-9/h8,10H,2-7,11H2,1H3. The van der Waals surface area contributed by atoms with E-state index in [2.05, 4.69) is 6.92 Å². The maximum absolute atomic E-state index is 5.99. The van der Waals surface area contributed by atoms with Crippen LogP contribution in [-0.4, -0.2) is 12.6 Å². The van der Waals surface area contributed by atoms with Crippen LogP contribution >= 0.6 is 0 Å². The van der Waals surface area contributed by atoms with E-state index in [1.165, 1.54) is 18.4 Å². The fraction of sp³-hybridized carbons (Fsp3) is 0.800. The molecule has 0 radical (unpaired) electrons. The first kappa shape index (κ1) is 9.59. The molecule has 70 valence electrons. The normalized spacial score (nSPS) is 19.7. The summed E-state index contributed by atoms with van der Waals surface area (Å²) in [5.41, 5.74) is 7.29. The second-order valence-corrected chi connectivity index (χ2v) is 3.42. The molecule has 0 aliphatic carbocycles. The fourth-order valence-corrected chi connectivity index (χ4v) is 1.47. The minimum Gasteiger partial charge on any atom is -0.501 e. The number of nitrogens with two attached hydrogens (primary N) is 1. The molecule has 2 nitrogen and oxygen atoms in total. The summed E-state index contributed by atoms with van der Waals surface area (Å²) in [6.45, 7) is 3.06. The van der Waals surface area contributed by atoms with Gasteiger partial charge in [-0.05, 0) is 24.8 Å². The van der Waals surface area contributed by atoms with Crippen LogP contribution in [0.25, 0.3) is 0 Å². The molecule has 1 aliphatic rings. The van der Waals surface area contributed by atoms with E-state index in [-0.39, 0.29) is 6.04 Å². The maximum Gasteiger partial charge on any atom is 0.0876 e. The highest BCUT2D eigenvalue weighted by Crippen LogP contribution is 2.17. The van der Waals surface area contributed by atoms with E-state index in [1.807, 2.05) is 6.26 Å². The van der Waals surface area contributed by atoms with Crippen molar-refractivity contribution in [2.45, 2.75) is 45.1 Å². The van der Waals surface area contributed by atoms with Crippen molar-refractivity contribution in [3.05, 3.63) is 11.8 Å². The van der Waals surface area contributed by atoms with Gasteiger partial charge in [-0.15, -0.1) is 0 Å². The van der Waals surface area contributed by atoms with E-state index in [0.29, 0.717) is 0 Å². The van der Waals surface area contributed by atoms with Crippen molar-refractivity contribution in [3.8, 4) is 0 Å². The van der Waals surface area contributed by atoms with Crippen LogP contribution in [0.3, 0.4) is 0 Å². The van der Waals surface area contributed by atoms with Gasteiger partial charge in [0.1, 0.15) is 0 Å². The van der Waals surface area contributed by atoms with E-state index < -0.39 is 0 Å². The largest absolute Gasteiger partial charge is 0.501 e. The van der Waals surface area contributed by atoms with Crippen LogP contribution in [0.15, 0.2) is 11.8 Å². The van der Waals surface area contributed by atoms with Crippen molar-refractivity contribution >= 4 is 0 Å². The molecule has 1 unspecified atom stereocenters. The molecule has 0 bridgehead atoms. The summed E-state index contributed by atoms with van der Waals surface area (Å²) in [7, 11) is 0. The lowest BCUT2D eigenvalue weighted by atomic mass is 9.98. The molecule has 2 N–H and O–H groups in total. The third-order valence-electron chi connectivity index (χ3n) is 2.31. The zero-order valence-electron chi connectivity index (χ0n) is 7.88. The third kappa shape index (κ3) is 2.86. The van der Waals surface area contributed by atoms with Crippen molar-refractivity contribution in [2.24, 2.45) is 5.73 Å². The third-order valence-corrected chi connectivity index (χ3v) is 2.31. The molecule has 2 heteroatoms. The Hall–Kier alpha value is -0.500. The van der Waals surface area contributed by atoms with Gasteiger partial charge in [0.15, 0.2) is 0 Å². The van der Waals surface area contributed by atoms with Crippen LogP contribution in [-0.2, 0) is 4.74 Å². The first-order chi connectivity index (χ1) is 5.84. The molecule has 1 rings (SSSR count). The summed E-state index contributed by atoms with van der Waals surface area (Å²) >= 11 is 0. The van der Waals surface area contributed by atoms with Gasteiger partial charge in [-0.3, -0.25) is 0 Å². The first-order valence-corrected chi connectivity index (χ1v) is 4.90. The SMILES string of the molecule is CCCCC(N)C1=COCCC1. The van der Waals surface area contributed by atoms with Crippen LogP contribution in [0, 0.1) is 0 Å². The number of ether oxygens (including phenoxy) is 1. The summed E-state index contributed by atoms with van der Waals surface area (Å²) in [4.78, 5) is 0. The van der Waals surface area contributed by atoms with Crippen LogP contribution in [0.5, 0.6) is 0 Å². The average Bonchev–Trinajstić information content (AvgIpc) is 2.15. The van der Waals surface area contributed by atoms with E-state index in [4.69, 9.17) is 10.5 Å². The molecule has 1 aliphatic heterocycles. The monoisotopic (exact) mass is 169 g/mol. The van der Waals surface area contributed by atoms with E-state index in [1.54, 1.807) is 0 Å². The number of hydrogen-bond acceptors (Lipinski definition) is 2. The van der Waals surface area contributed by atoms with Crippen LogP contribution < -0.4 is 5.73 Å². The van der Waals surface area contributed by atoms with Gasteiger partial charge in [0.25, 0.3) is 0 Å². The lowest BCUT2D eigenvalue weighted by Crippen LogP contribution is -2.24. The van der Waals surface area contributed by atoms with Crippen molar-refractivity contribution in [1.82, 2.24) is 0 Å². The lowest BCUT2D eigenvalue weighted by molar-refractivity contribution is 0.220. The van der Waals surface area contributed by atoms with E-state index in [9.17, 15) is 0 Å². The molecule has 0 amide bonds. The van der Waals surface area contributed by atoms with Gasteiger partial charge in [0.2, 0.25) is 0 Å². The highest BCUT2D eigenvalue weighted by Gasteiger charge is 2.11. The van der Waals surface area contributed by atoms with Gasteiger partial charge in [-0.2, -0.15) is 0 Å². The molecule has 0 saturated carbocycles. The van der Waals surface area contributed by atoms with E-state index >= 15 is 0 Å². The summed E-state index contributed by atoms with van der Waals surface area (Å²) in [5.74, 6) is 0. The van der Waals surface area contributed by atoms with Gasteiger partial charge in [0.05, 0.1) is 12.9 Å². The number of hydrogen-bond donors (Lipinski definition) is 1. The molecular formula is C10H19NO. The Morgan fingerprint density at radius 2 is 2.50 bits per heavy atom. The Bertz CT molecular complexity index is 154. The number of unbranched alkanes of at least 4 members (excludes halogenated alkanes) is 1. The molecular weight excluding hydrogens is 150 g/mol. The number of rotatable bonds is 4. The highest BCUT2D eigenvalue weighted by atomic mass is 16.5. The Balaban J connectivity index is 2.29. The van der Waals surface area contributed by atoms with Crippen LogP contribution in [0.2, 0.25) is 0 Å². The molecule has 1 heterocycles. The molecule has 1 atom stereocenters. The molecule has 0 aromatic rings. The molecule has 12 heavy (non-hydrogen) atoms. The van der Waals surface area contributed by atoms with Crippen LogP contribution in [0.4, 0.5) is 0 Å². The molecule has 0 saturated heterocycles. The van der Waals surface area contributed by atoms with Gasteiger partial charge < -0.3 is 10.5 Å². The molecule has 0 spiro atoms. The second-order valence-electron chi connectivity index (χ2n) is 3.42. The zero-order chi connectivity index (χ0) is 8.81. The predicted molar refractivity (Wildman–Crippen MR) is 50.8 cm³/mol. The lowest BCUT2D eigenvalue weighted by Gasteiger charge is -2.19. The van der Waals surface area contributed by atoms with Gasteiger partial charge in [0, 0.05) is 6.04 Å². The van der Waals surface area contributed by atoms with Crippen molar-refractivity contribution < 1.29 is 4.74 Å². The highest BCUT2D eigenvalue weighted by molar-refractivity contribution is 5.08. The van der Waals surface area contributed by atoms with Crippen LogP contribution in [0.1, 0.15) is 39.0 Å². The Morgan fingerprint density at radius 3 is 3.08 bits per heavy atom. The van der Waals surface area contributed by atoms with Crippen molar-refractivity contribution in [1.29, 1.82) is 0 Å². The summed E-state index contributed by atoms with van der Waals surface area (Å²) < 4.78 is 5.24. The second kappa shape index (κ2) is 5.20. The Labute approximate surface area is 74.8 Å². The molecule has 0 aromatic carbocycles. The molecule has 0 fully saturated rings. The minimum absolute atomic E-state index is 0.241. The van der Waals surface area contributed by atoms with Crippen molar-refractivity contribution in [2.75, 3.05) is 6.61 Å². The zero-order valence-corrected chi connectivity index (χ0v) is 7.88. The maximum atomic E-state index is 5.99. The smallest absolute Gasteiger partial charge is 0.0876 e. The summed E-state index contributed by atoms with van der Waals surface area (Å²) in [5, 5.41) is 0. The topological polar surface area (TPSA) is 35.2 Å². The Kier molecular flexibility index (Phi) is 4.15. The fourth-order valence-electron chi connectivity index (χ4n) is 1.47. The Morgan fingerprint density at radius 1 is 1.67 bits per heavy atom. The summed E-state index contributed by atoms with van der Waals surface area (Å²) in [6.07, 6.45) is 7.67. The van der Waals surface area contributed by atoms with Gasteiger partial charge in [-0.1, -0.05) is 19.8 Å². The first-order valence-electron chi connectivity index (χ1n) is 4.90. The van der Waals surface area contributed by atoms with Gasteiger partial charge >= 0.3 is 0 Å². The van der Waals surface area contributed by atoms with E-state index in [0.717, 1.165) is 25.9 Å². The average molecular weight is 169 g/mol. The van der Waals surface area contributed by atoms with Gasteiger partial charge in [-0.25, -0.2) is 0 Å². The molecule has 0 aromatic heterocycles. The predicted octanol–water partition coefficient (Wildman–Crippen LogP) is 2.20. The van der Waals surface area contributed by atoms with Crippen molar-refractivity contribution in [3.63, 3.8) is 0 Å². The quantitative estimate of drug-likeness (QED) is 0.700.